The second kappa shape index (κ2) is 4.32. The van der Waals surface area contributed by atoms with Gasteiger partial charge in [-0.3, -0.25) is 9.59 Å². The molecule has 0 unspecified atom stereocenters. The van der Waals surface area contributed by atoms with E-state index in [0.717, 1.165) is 6.92 Å². The van der Waals surface area contributed by atoms with Crippen molar-refractivity contribution in [1.29, 1.82) is 0 Å². The van der Waals surface area contributed by atoms with Crippen LogP contribution in [-0.4, -0.2) is 34.2 Å². The summed E-state index contributed by atoms with van der Waals surface area (Å²) in [5.74, 6) is -3.61. The van der Waals surface area contributed by atoms with Crippen molar-refractivity contribution in [2.45, 2.75) is 19.4 Å². The summed E-state index contributed by atoms with van der Waals surface area (Å²) in [5, 5.41) is 16.5. The van der Waals surface area contributed by atoms with Crippen molar-refractivity contribution in [3.8, 4) is 0 Å². The minimum atomic E-state index is -1.60. The van der Waals surface area contributed by atoms with E-state index in [1.807, 2.05) is 0 Å². The monoisotopic (exact) mass is 176 g/mol. The number of rotatable bonds is 4. The fourth-order valence-electron chi connectivity index (χ4n) is 0.538. The number of carboxylic acid groups (broad SMARTS) is 2. The van der Waals surface area contributed by atoms with Gasteiger partial charge in [-0.1, -0.05) is 0 Å². The van der Waals surface area contributed by atoms with Gasteiger partial charge in [-0.2, -0.15) is 0 Å². The van der Waals surface area contributed by atoms with Crippen LogP contribution in [0.1, 0.15) is 13.3 Å². The predicted molar refractivity (Wildman–Crippen MR) is 35.4 cm³/mol. The van der Waals surface area contributed by atoms with Gasteiger partial charge >= 0.3 is 17.9 Å². The molecule has 0 saturated heterocycles. The maximum Gasteiger partial charge on any atom is 0.345 e. The van der Waals surface area contributed by atoms with Crippen molar-refractivity contribution in [2.24, 2.45) is 0 Å². The van der Waals surface area contributed by atoms with E-state index in [1.165, 1.54) is 0 Å². The van der Waals surface area contributed by atoms with Crippen LogP contribution in [0.15, 0.2) is 0 Å². The van der Waals surface area contributed by atoms with Crippen LogP contribution < -0.4 is 0 Å². The average Bonchev–Trinajstić information content (AvgIpc) is 1.83. The fraction of sp³-hybridized carbons (Fsp3) is 0.500. The number of esters is 1. The quantitative estimate of drug-likeness (QED) is 0.559. The Morgan fingerprint density at radius 3 is 2.08 bits per heavy atom. The summed E-state index contributed by atoms with van der Waals surface area (Å²) >= 11 is 0. The molecule has 0 spiro atoms. The van der Waals surface area contributed by atoms with Gasteiger partial charge in [-0.15, -0.1) is 0 Å². The normalized spacial score (nSPS) is 11.8. The summed E-state index contributed by atoms with van der Waals surface area (Å²) in [5.41, 5.74) is 0. The molecule has 0 saturated carbocycles. The Hall–Kier alpha value is -1.59. The van der Waals surface area contributed by atoms with Crippen molar-refractivity contribution >= 4 is 17.9 Å². The molecule has 0 bridgehead atoms. The van der Waals surface area contributed by atoms with Crippen LogP contribution in [-0.2, 0) is 19.1 Å². The van der Waals surface area contributed by atoms with Crippen molar-refractivity contribution in [2.75, 3.05) is 0 Å². The third kappa shape index (κ3) is 4.26. The highest BCUT2D eigenvalue weighted by atomic mass is 16.6. The molecule has 0 aliphatic rings. The summed E-state index contributed by atoms with van der Waals surface area (Å²) in [6.45, 7) is 1.01. The zero-order valence-corrected chi connectivity index (χ0v) is 6.31. The lowest BCUT2D eigenvalue weighted by atomic mass is 10.2. The molecule has 0 amide bonds. The summed E-state index contributed by atoms with van der Waals surface area (Å²) in [7, 11) is 0. The molecule has 0 aromatic rings. The fourth-order valence-corrected chi connectivity index (χ4v) is 0.538. The Morgan fingerprint density at radius 1 is 1.33 bits per heavy atom. The lowest BCUT2D eigenvalue weighted by molar-refractivity contribution is -0.165. The van der Waals surface area contributed by atoms with Crippen LogP contribution in [0, 0.1) is 0 Å². The summed E-state index contributed by atoms with van der Waals surface area (Å²) in [6, 6.07) is 0. The van der Waals surface area contributed by atoms with E-state index in [1.54, 1.807) is 0 Å². The number of hydrogen-bond donors (Lipinski definition) is 2. The number of carbonyl (C=O) groups is 3. The molecule has 0 aromatic heterocycles. The molecule has 0 aliphatic heterocycles. The van der Waals surface area contributed by atoms with Crippen LogP contribution in [0.25, 0.3) is 0 Å². The molecule has 0 fully saturated rings. The average molecular weight is 176 g/mol. The molecule has 0 aliphatic carbocycles. The SMILES string of the molecule is CC(=O)O[C@@H](CC(=O)O)C(=O)O. The van der Waals surface area contributed by atoms with Gasteiger partial charge < -0.3 is 14.9 Å². The maximum atomic E-state index is 10.3. The van der Waals surface area contributed by atoms with Crippen LogP contribution in [0.2, 0.25) is 0 Å². The van der Waals surface area contributed by atoms with Crippen LogP contribution in [0.4, 0.5) is 0 Å². The zero-order chi connectivity index (χ0) is 9.72. The van der Waals surface area contributed by atoms with Gasteiger partial charge in [0.1, 0.15) is 0 Å². The van der Waals surface area contributed by atoms with Crippen molar-refractivity contribution in [1.82, 2.24) is 0 Å². The number of carbonyl (C=O) groups excluding carboxylic acids is 1. The molecule has 6 heteroatoms. The van der Waals surface area contributed by atoms with Crippen molar-refractivity contribution in [3.05, 3.63) is 0 Å². The van der Waals surface area contributed by atoms with E-state index in [2.05, 4.69) is 4.74 Å². The maximum absolute atomic E-state index is 10.3. The molecular formula is C6H8O6. The minimum absolute atomic E-state index is 0.727. The Balaban J connectivity index is 4.14. The van der Waals surface area contributed by atoms with Gasteiger partial charge in [0.25, 0.3) is 0 Å². The first-order valence-corrected chi connectivity index (χ1v) is 3.05. The Kier molecular flexibility index (Phi) is 3.75. The van der Waals surface area contributed by atoms with Crippen LogP contribution in [0.5, 0.6) is 0 Å². The molecule has 12 heavy (non-hydrogen) atoms. The van der Waals surface area contributed by atoms with Crippen LogP contribution >= 0.6 is 0 Å². The van der Waals surface area contributed by atoms with Gasteiger partial charge in [-0.05, 0) is 0 Å². The highest BCUT2D eigenvalue weighted by molar-refractivity contribution is 5.82. The largest absolute Gasteiger partial charge is 0.481 e. The highest BCUT2D eigenvalue weighted by Crippen LogP contribution is 1.99. The van der Waals surface area contributed by atoms with E-state index < -0.39 is 30.4 Å². The second-order valence-electron chi connectivity index (χ2n) is 2.03. The van der Waals surface area contributed by atoms with Gasteiger partial charge in [0.2, 0.25) is 6.10 Å². The number of ether oxygens (including phenoxy) is 1. The first-order valence-electron chi connectivity index (χ1n) is 3.05. The molecule has 0 heterocycles. The standard InChI is InChI=1S/C6H8O6/c1-3(7)12-4(6(10)11)2-5(8)9/h4H,2H2,1H3,(H,8,9)(H,10,11)/t4-/m0/s1. The van der Waals surface area contributed by atoms with Crippen molar-refractivity contribution in [3.63, 3.8) is 0 Å². The van der Waals surface area contributed by atoms with Gasteiger partial charge in [0.15, 0.2) is 0 Å². The van der Waals surface area contributed by atoms with Gasteiger partial charge in [0.05, 0.1) is 6.42 Å². The van der Waals surface area contributed by atoms with E-state index in [4.69, 9.17) is 10.2 Å². The van der Waals surface area contributed by atoms with E-state index in [-0.39, 0.29) is 0 Å². The van der Waals surface area contributed by atoms with Gasteiger partial charge in [-0.25, -0.2) is 4.79 Å². The van der Waals surface area contributed by atoms with E-state index in [9.17, 15) is 14.4 Å². The van der Waals surface area contributed by atoms with Crippen LogP contribution in [0.3, 0.4) is 0 Å². The minimum Gasteiger partial charge on any atom is -0.481 e. The Morgan fingerprint density at radius 2 is 1.83 bits per heavy atom. The van der Waals surface area contributed by atoms with E-state index in [0.29, 0.717) is 0 Å². The molecule has 0 rings (SSSR count). The first kappa shape index (κ1) is 10.4. The molecule has 0 aromatic carbocycles. The van der Waals surface area contributed by atoms with Crippen molar-refractivity contribution < 1.29 is 29.3 Å². The third-order valence-corrected chi connectivity index (χ3v) is 0.944. The highest BCUT2D eigenvalue weighted by Gasteiger charge is 2.23. The summed E-state index contributed by atoms with van der Waals surface area (Å²) in [4.78, 5) is 30.5. The first-order chi connectivity index (χ1) is 5.43. The summed E-state index contributed by atoms with van der Waals surface area (Å²) in [6.07, 6.45) is -2.32. The molecular weight excluding hydrogens is 168 g/mol. The number of hydrogen-bond acceptors (Lipinski definition) is 4. The topological polar surface area (TPSA) is 101 Å². The number of aliphatic carboxylic acids is 2. The Bertz CT molecular complexity index is 192. The molecule has 6 nitrogen and oxygen atoms in total. The smallest absolute Gasteiger partial charge is 0.345 e. The predicted octanol–water partition coefficient (Wildman–Crippen LogP) is -0.523. The molecule has 1 atom stereocenters. The molecule has 0 radical (unpaired) electrons. The second-order valence-corrected chi connectivity index (χ2v) is 2.03. The molecule has 2 N–H and O–H groups in total. The lowest BCUT2D eigenvalue weighted by Crippen LogP contribution is -2.28. The number of carboxylic acids is 2. The Labute approximate surface area is 67.8 Å². The van der Waals surface area contributed by atoms with Gasteiger partial charge in [0, 0.05) is 6.92 Å². The zero-order valence-electron chi connectivity index (χ0n) is 6.31. The summed E-state index contributed by atoms with van der Waals surface area (Å²) < 4.78 is 4.20. The molecule has 68 valence electrons. The lowest BCUT2D eigenvalue weighted by Gasteiger charge is -2.08. The third-order valence-electron chi connectivity index (χ3n) is 0.944. The van der Waals surface area contributed by atoms with E-state index >= 15 is 0 Å².